The summed E-state index contributed by atoms with van der Waals surface area (Å²) in [6.07, 6.45) is 7.71. The minimum Gasteiger partial charge on any atom is -0.346 e. The highest BCUT2D eigenvalue weighted by atomic mass is 19.1. The molecule has 0 saturated carbocycles. The Bertz CT molecular complexity index is 1550. The number of nitrogens with zero attached hydrogens (tertiary/aromatic N) is 5. The van der Waals surface area contributed by atoms with Gasteiger partial charge < -0.3 is 14.5 Å². The Kier molecular flexibility index (Phi) is 5.18. The number of likely N-dealkylation sites (tertiary alicyclic amines) is 1. The number of benzene rings is 1. The third-order valence-corrected chi connectivity index (χ3v) is 7.46. The molecule has 5 heterocycles. The summed E-state index contributed by atoms with van der Waals surface area (Å²) in [6, 6.07) is 8.17. The molecule has 6 rings (SSSR count). The number of aromatic amines is 1. The number of pyridine rings is 2. The lowest BCUT2D eigenvalue weighted by molar-refractivity contribution is 0.222. The maximum Gasteiger partial charge on any atom is 0.151 e. The van der Waals surface area contributed by atoms with Gasteiger partial charge in [-0.05, 0) is 89.1 Å². The van der Waals surface area contributed by atoms with E-state index in [0.29, 0.717) is 11.6 Å². The van der Waals surface area contributed by atoms with Crippen LogP contribution < -0.4 is 0 Å². The van der Waals surface area contributed by atoms with Gasteiger partial charge in [0.05, 0.1) is 5.52 Å². The van der Waals surface area contributed by atoms with Gasteiger partial charge in [-0.15, -0.1) is 0 Å². The SMILES string of the molecule is Cc1ccnc(C)c1-c1cnc2[nH]cc(-c3cc(F)c4nc(C)n(C5CCN(C)CC5)c4c3)c2c1. The van der Waals surface area contributed by atoms with Crippen molar-refractivity contribution in [2.75, 3.05) is 20.1 Å². The quantitative estimate of drug-likeness (QED) is 0.354. The van der Waals surface area contributed by atoms with Gasteiger partial charge in [0.1, 0.15) is 17.0 Å². The van der Waals surface area contributed by atoms with Gasteiger partial charge in [0.25, 0.3) is 0 Å². The largest absolute Gasteiger partial charge is 0.346 e. The fourth-order valence-corrected chi connectivity index (χ4v) is 5.65. The van der Waals surface area contributed by atoms with E-state index < -0.39 is 0 Å². The van der Waals surface area contributed by atoms with Crippen LogP contribution in [0.1, 0.15) is 36.0 Å². The lowest BCUT2D eigenvalue weighted by atomic mass is 9.98. The Morgan fingerprint density at radius 3 is 2.60 bits per heavy atom. The first-order valence-electron chi connectivity index (χ1n) is 12.2. The number of nitrogens with one attached hydrogen (secondary N) is 1. The molecule has 0 bridgehead atoms. The number of imidazole rings is 1. The van der Waals surface area contributed by atoms with Gasteiger partial charge in [-0.1, -0.05) is 0 Å². The number of aromatic nitrogens is 5. The number of piperidine rings is 1. The first-order valence-corrected chi connectivity index (χ1v) is 12.2. The van der Waals surface area contributed by atoms with E-state index in [9.17, 15) is 0 Å². The molecule has 0 aliphatic carbocycles. The third kappa shape index (κ3) is 3.62. The molecule has 1 aliphatic heterocycles. The average molecular weight is 469 g/mol. The second kappa shape index (κ2) is 8.27. The first kappa shape index (κ1) is 21.9. The Hall–Kier alpha value is -3.58. The first-order chi connectivity index (χ1) is 16.9. The van der Waals surface area contributed by atoms with Crippen molar-refractivity contribution in [2.45, 2.75) is 39.7 Å². The molecule has 0 amide bonds. The van der Waals surface area contributed by atoms with E-state index in [1.807, 2.05) is 38.5 Å². The molecule has 0 radical (unpaired) electrons. The van der Waals surface area contributed by atoms with E-state index in [1.165, 1.54) is 0 Å². The second-order valence-electron chi connectivity index (χ2n) is 9.80. The number of hydrogen-bond acceptors (Lipinski definition) is 4. The standard InChI is InChI=1S/C28H29FN6/c1-16-5-8-30-17(2)26(16)20-11-22-23(15-32-28(22)31-14-20)19-12-24(29)27-25(13-19)35(18(3)33-27)21-6-9-34(4)10-7-21/h5,8,11-15,21H,6-7,9-10H2,1-4H3,(H,31,32). The van der Waals surface area contributed by atoms with Crippen LogP contribution in [-0.2, 0) is 0 Å². The normalized spacial score (nSPS) is 15.5. The second-order valence-corrected chi connectivity index (χ2v) is 9.80. The molecule has 6 nitrogen and oxygen atoms in total. The maximum atomic E-state index is 15.4. The van der Waals surface area contributed by atoms with Gasteiger partial charge in [0, 0.05) is 52.4 Å². The zero-order chi connectivity index (χ0) is 24.3. The fourth-order valence-electron chi connectivity index (χ4n) is 5.65. The summed E-state index contributed by atoms with van der Waals surface area (Å²) >= 11 is 0. The summed E-state index contributed by atoms with van der Waals surface area (Å²) in [5.41, 5.74) is 8.08. The molecule has 1 aliphatic rings. The smallest absolute Gasteiger partial charge is 0.151 e. The topological polar surface area (TPSA) is 62.6 Å². The zero-order valence-corrected chi connectivity index (χ0v) is 20.6. The maximum absolute atomic E-state index is 15.4. The van der Waals surface area contributed by atoms with Crippen LogP contribution in [0.25, 0.3) is 44.3 Å². The Morgan fingerprint density at radius 2 is 1.83 bits per heavy atom. The van der Waals surface area contributed by atoms with Gasteiger partial charge in [-0.25, -0.2) is 14.4 Å². The highest BCUT2D eigenvalue weighted by molar-refractivity contribution is 5.98. The van der Waals surface area contributed by atoms with Crippen LogP contribution in [0, 0.1) is 26.6 Å². The van der Waals surface area contributed by atoms with Gasteiger partial charge in [0.2, 0.25) is 0 Å². The minimum absolute atomic E-state index is 0.287. The molecule has 178 valence electrons. The molecule has 1 N–H and O–H groups in total. The van der Waals surface area contributed by atoms with Crippen molar-refractivity contribution in [3.05, 3.63) is 65.8 Å². The van der Waals surface area contributed by atoms with Crippen LogP contribution in [0.3, 0.4) is 0 Å². The molecule has 1 saturated heterocycles. The summed E-state index contributed by atoms with van der Waals surface area (Å²) in [6.45, 7) is 8.16. The van der Waals surface area contributed by atoms with Crippen LogP contribution in [0.5, 0.6) is 0 Å². The Balaban J connectivity index is 1.51. The van der Waals surface area contributed by atoms with Crippen molar-refractivity contribution in [3.8, 4) is 22.3 Å². The van der Waals surface area contributed by atoms with Crippen molar-refractivity contribution in [1.82, 2.24) is 29.4 Å². The summed E-state index contributed by atoms with van der Waals surface area (Å²) in [7, 11) is 2.15. The predicted octanol–water partition coefficient (Wildman–Crippen LogP) is 5.97. The number of aryl methyl sites for hydroxylation is 3. The molecule has 0 atom stereocenters. The highest BCUT2D eigenvalue weighted by Gasteiger charge is 2.24. The predicted molar refractivity (Wildman–Crippen MR) is 138 cm³/mol. The molecule has 0 unspecified atom stereocenters. The highest BCUT2D eigenvalue weighted by Crippen LogP contribution is 2.36. The summed E-state index contributed by atoms with van der Waals surface area (Å²) in [5, 5.41) is 0.964. The van der Waals surface area contributed by atoms with E-state index in [-0.39, 0.29) is 5.82 Å². The molecule has 4 aromatic heterocycles. The van der Waals surface area contributed by atoms with Crippen LogP contribution in [-0.4, -0.2) is 49.5 Å². The molecule has 7 heteroatoms. The lowest BCUT2D eigenvalue weighted by Gasteiger charge is -2.30. The van der Waals surface area contributed by atoms with Crippen molar-refractivity contribution in [3.63, 3.8) is 0 Å². The Morgan fingerprint density at radius 1 is 1.03 bits per heavy atom. The van der Waals surface area contributed by atoms with Gasteiger partial charge in [0.15, 0.2) is 5.82 Å². The van der Waals surface area contributed by atoms with Crippen molar-refractivity contribution < 1.29 is 4.39 Å². The molecular weight excluding hydrogens is 439 g/mol. The molecule has 0 spiro atoms. The van der Waals surface area contributed by atoms with Gasteiger partial charge in [-0.2, -0.15) is 0 Å². The molecule has 1 aromatic carbocycles. The average Bonchev–Trinajstić information content (AvgIpc) is 3.40. The van der Waals surface area contributed by atoms with E-state index in [1.54, 1.807) is 6.07 Å². The van der Waals surface area contributed by atoms with Crippen molar-refractivity contribution >= 4 is 22.1 Å². The number of fused-ring (bicyclic) bond motifs is 2. The van der Waals surface area contributed by atoms with Crippen LogP contribution in [0.4, 0.5) is 4.39 Å². The van der Waals surface area contributed by atoms with Crippen molar-refractivity contribution in [2.24, 2.45) is 0 Å². The summed E-state index contributed by atoms with van der Waals surface area (Å²) < 4.78 is 17.6. The molecular formula is C28H29FN6. The zero-order valence-electron chi connectivity index (χ0n) is 20.6. The number of rotatable bonds is 3. The molecule has 1 fully saturated rings. The molecule has 5 aromatic rings. The van der Waals surface area contributed by atoms with Crippen LogP contribution in [0.15, 0.2) is 42.9 Å². The van der Waals surface area contributed by atoms with Crippen molar-refractivity contribution in [1.29, 1.82) is 0 Å². The van der Waals surface area contributed by atoms with Gasteiger partial charge in [-0.3, -0.25) is 4.98 Å². The minimum atomic E-state index is -0.287. The van der Waals surface area contributed by atoms with E-state index >= 15 is 4.39 Å². The molecule has 35 heavy (non-hydrogen) atoms. The van der Waals surface area contributed by atoms with Crippen LogP contribution in [0.2, 0.25) is 0 Å². The van der Waals surface area contributed by atoms with E-state index in [4.69, 9.17) is 0 Å². The Labute approximate surface area is 203 Å². The number of hydrogen-bond donors (Lipinski definition) is 1. The monoisotopic (exact) mass is 468 g/mol. The number of H-pyrrole nitrogens is 1. The van der Waals surface area contributed by atoms with E-state index in [2.05, 4.69) is 55.5 Å². The third-order valence-electron chi connectivity index (χ3n) is 7.46. The van der Waals surface area contributed by atoms with E-state index in [0.717, 1.165) is 81.8 Å². The summed E-state index contributed by atoms with van der Waals surface area (Å²) in [5.74, 6) is 0.584. The number of halogens is 1. The van der Waals surface area contributed by atoms with Crippen LogP contribution >= 0.6 is 0 Å². The van der Waals surface area contributed by atoms with Gasteiger partial charge >= 0.3 is 0 Å². The fraction of sp³-hybridized carbons (Fsp3) is 0.321. The summed E-state index contributed by atoms with van der Waals surface area (Å²) in [4.78, 5) is 19.4. The lowest BCUT2D eigenvalue weighted by Crippen LogP contribution is -2.31.